The van der Waals surface area contributed by atoms with Crippen LogP contribution in [0, 0.1) is 0 Å². The molecule has 0 aromatic carbocycles. The Hall–Kier alpha value is 0.790. The van der Waals surface area contributed by atoms with Gasteiger partial charge in [-0.1, -0.05) is 31.9 Å². The van der Waals surface area contributed by atoms with Crippen LogP contribution in [0.5, 0.6) is 0 Å². The van der Waals surface area contributed by atoms with Gasteiger partial charge in [0.1, 0.15) is 0 Å². The summed E-state index contributed by atoms with van der Waals surface area (Å²) < 4.78 is 7.88. The highest BCUT2D eigenvalue weighted by Crippen LogP contribution is 2.23. The summed E-state index contributed by atoms with van der Waals surface area (Å²) in [6.07, 6.45) is 1.57. The first-order valence-corrected chi connectivity index (χ1v) is 4.38. The van der Waals surface area contributed by atoms with E-state index in [2.05, 4.69) is 46.2 Å². The lowest BCUT2D eigenvalue weighted by atomic mass is 10.6. The third kappa shape index (κ3) is 18.1. The normalized spacial score (nSPS) is 25.6. The van der Waals surface area contributed by atoms with Crippen molar-refractivity contribution in [1.82, 2.24) is 0 Å². The molecule has 0 aromatic heterocycles. The third-order valence-electron chi connectivity index (χ3n) is 0.637. The molecule has 1 aliphatic rings. The summed E-state index contributed by atoms with van der Waals surface area (Å²) in [4.78, 5) is 0. The molecule has 2 nitrogen and oxygen atoms in total. The van der Waals surface area contributed by atoms with E-state index in [9.17, 15) is 0 Å². The van der Waals surface area contributed by atoms with Gasteiger partial charge in [0.2, 0.25) is 0 Å². The Labute approximate surface area is 83.1 Å². The minimum Gasteiger partial charge on any atom is -0.353 e. The first kappa shape index (κ1) is 14.3. The first-order chi connectivity index (χ1) is 5.13. The van der Waals surface area contributed by atoms with E-state index in [0.717, 1.165) is 0 Å². The van der Waals surface area contributed by atoms with E-state index in [1.54, 1.807) is 0 Å². The number of alkyl halides is 1. The van der Waals surface area contributed by atoms with Crippen molar-refractivity contribution in [2.24, 2.45) is 0 Å². The molecule has 70 valence electrons. The zero-order valence-electron chi connectivity index (χ0n) is 6.81. The Morgan fingerprint density at radius 3 is 1.45 bits per heavy atom. The molecule has 11 heavy (non-hydrogen) atoms. The van der Waals surface area contributed by atoms with Gasteiger partial charge in [-0.3, -0.25) is 0 Å². The van der Waals surface area contributed by atoms with Crippen molar-refractivity contribution >= 4 is 35.3 Å². The van der Waals surface area contributed by atoms with Crippen LogP contribution in [-0.2, 0) is 8.58 Å². The van der Waals surface area contributed by atoms with Crippen LogP contribution in [-0.4, -0.2) is 11.7 Å². The molecule has 2 atom stereocenters. The van der Waals surface area contributed by atoms with E-state index in [1.807, 2.05) is 6.92 Å². The van der Waals surface area contributed by atoms with Crippen LogP contribution in [0.2, 0.25) is 0 Å². The molecule has 0 bridgehead atoms. The maximum Gasteiger partial charge on any atom is 0.157 e. The van der Waals surface area contributed by atoms with E-state index in [1.165, 1.54) is 6.42 Å². The van der Waals surface area contributed by atoms with Crippen LogP contribution in [0.4, 0.5) is 0 Å². The molecule has 2 unspecified atom stereocenters. The van der Waals surface area contributed by atoms with Crippen LogP contribution in [0.1, 0.15) is 27.2 Å². The summed E-state index contributed by atoms with van der Waals surface area (Å²) in [5.41, 5.74) is 0.0231. The summed E-state index contributed by atoms with van der Waals surface area (Å²) >= 11 is 13.8. The summed E-state index contributed by atoms with van der Waals surface area (Å²) in [6.45, 7) is 6.19. The van der Waals surface area contributed by atoms with E-state index in [4.69, 9.17) is 11.6 Å². The first-order valence-electron chi connectivity index (χ1n) is 3.32. The molecule has 1 heterocycles. The fourth-order valence-corrected chi connectivity index (χ4v) is 0.322. The molecule has 1 fully saturated rings. The van der Waals surface area contributed by atoms with Crippen LogP contribution < -0.4 is 0 Å². The zero-order chi connectivity index (χ0) is 9.28. The second-order valence-electron chi connectivity index (χ2n) is 1.96. The summed E-state index contributed by atoms with van der Waals surface area (Å²) in [5.74, 6) is 0. The average molecular weight is 224 g/mol. The van der Waals surface area contributed by atoms with Gasteiger partial charge in [0, 0.05) is 0 Å². The van der Waals surface area contributed by atoms with Gasteiger partial charge in [0.05, 0.1) is 29.8 Å². The highest BCUT2D eigenvalue weighted by atomic mass is 35.6. The monoisotopic (exact) mass is 222 g/mol. The Morgan fingerprint density at radius 1 is 1.36 bits per heavy atom. The molecule has 0 radical (unpaired) electrons. The molecule has 0 aliphatic carbocycles. The van der Waals surface area contributed by atoms with Crippen LogP contribution in [0.25, 0.3) is 0 Å². The minimum atomic E-state index is 0.0231. The Bertz CT molecular complexity index is 64.8. The molecule has 0 N–H and O–H groups in total. The molecular formula is C6H13Cl3O2. The Balaban J connectivity index is 0. The van der Waals surface area contributed by atoms with E-state index in [0.29, 0.717) is 6.10 Å². The lowest BCUT2D eigenvalue weighted by Crippen LogP contribution is -1.69. The maximum atomic E-state index is 5.31. The van der Waals surface area contributed by atoms with Gasteiger partial charge in [-0.25, -0.2) is 0 Å². The number of rotatable bonds is 0. The summed E-state index contributed by atoms with van der Waals surface area (Å²) in [5, 5.41) is 0. The topological polar surface area (TPSA) is 21.8 Å². The van der Waals surface area contributed by atoms with Crippen LogP contribution >= 0.6 is 35.3 Å². The Morgan fingerprint density at radius 2 is 1.45 bits per heavy atom. The van der Waals surface area contributed by atoms with E-state index >= 15 is 0 Å². The van der Waals surface area contributed by atoms with Crippen molar-refractivity contribution in [2.75, 3.05) is 0 Å². The Kier molecular flexibility index (Phi) is 14.0. The summed E-state index contributed by atoms with van der Waals surface area (Å²) in [6, 6.07) is 0. The second-order valence-corrected chi connectivity index (χ2v) is 2.85. The molecule has 1 aliphatic heterocycles. The number of epoxide rings is 1. The molecule has 0 amide bonds. The predicted molar refractivity (Wildman–Crippen MR) is 48.9 cm³/mol. The predicted octanol–water partition coefficient (Wildman–Crippen LogP) is 3.70. The van der Waals surface area contributed by atoms with Crippen molar-refractivity contribution in [2.45, 2.75) is 38.9 Å². The van der Waals surface area contributed by atoms with Gasteiger partial charge in [-0.15, -0.1) is 0 Å². The number of hydrogen-bond acceptors (Lipinski definition) is 2. The van der Waals surface area contributed by atoms with Crippen molar-refractivity contribution in [3.05, 3.63) is 0 Å². The molecule has 1 saturated heterocycles. The lowest BCUT2D eigenvalue weighted by Gasteiger charge is -1.55. The molecule has 0 saturated carbocycles. The third-order valence-corrected chi connectivity index (χ3v) is 1.09. The van der Waals surface area contributed by atoms with Gasteiger partial charge < -0.3 is 4.74 Å². The van der Waals surface area contributed by atoms with Crippen molar-refractivity contribution in [3.8, 4) is 0 Å². The molecule has 0 spiro atoms. The van der Waals surface area contributed by atoms with E-state index in [-0.39, 0.29) is 5.56 Å². The largest absolute Gasteiger partial charge is 0.353 e. The minimum absolute atomic E-state index is 0.0231. The molecule has 5 heteroatoms. The second kappa shape index (κ2) is 10.8. The smallest absolute Gasteiger partial charge is 0.157 e. The fraction of sp³-hybridized carbons (Fsp3) is 1.00. The van der Waals surface area contributed by atoms with Gasteiger partial charge in [-0.2, -0.15) is 3.84 Å². The van der Waals surface area contributed by atoms with Crippen molar-refractivity contribution < 1.29 is 8.58 Å². The molecule has 1 rings (SSSR count). The van der Waals surface area contributed by atoms with Gasteiger partial charge in [0.25, 0.3) is 0 Å². The number of ether oxygens (including phenoxy) is 1. The highest BCUT2D eigenvalue weighted by molar-refractivity contribution is 6.24. The van der Waals surface area contributed by atoms with Crippen LogP contribution in [0.15, 0.2) is 0 Å². The standard InChI is InChI=1S/C3H5ClO.C3H8.Cl2O/c1-2-3(4)5-2;2*1-3-2/h2-3H,1H3;3H2,1-2H3;. The highest BCUT2D eigenvalue weighted by Gasteiger charge is 2.30. The lowest BCUT2D eigenvalue weighted by molar-refractivity contribution is 0.411. The molecule has 0 aromatic rings. The summed E-state index contributed by atoms with van der Waals surface area (Å²) in [7, 11) is 0. The molecular weight excluding hydrogens is 210 g/mol. The fourth-order valence-electron chi connectivity index (χ4n) is 0.160. The van der Waals surface area contributed by atoms with Crippen molar-refractivity contribution in [1.29, 1.82) is 0 Å². The zero-order valence-corrected chi connectivity index (χ0v) is 9.08. The maximum absolute atomic E-state index is 5.31. The van der Waals surface area contributed by atoms with Crippen molar-refractivity contribution in [3.63, 3.8) is 0 Å². The van der Waals surface area contributed by atoms with Gasteiger partial charge in [-0.05, 0) is 6.92 Å². The van der Waals surface area contributed by atoms with Gasteiger partial charge >= 0.3 is 0 Å². The average Bonchev–Trinajstić information content (AvgIpc) is 2.49. The number of hydrogen-bond donors (Lipinski definition) is 0. The van der Waals surface area contributed by atoms with Gasteiger partial charge in [0.15, 0.2) is 5.56 Å². The van der Waals surface area contributed by atoms with Crippen LogP contribution in [0.3, 0.4) is 0 Å². The quantitative estimate of drug-likeness (QED) is 0.461. The SMILES string of the molecule is CC1OC1Cl.CCC.ClOCl. The van der Waals surface area contributed by atoms with E-state index < -0.39 is 0 Å². The number of halogens is 3.